The van der Waals surface area contributed by atoms with Crippen LogP contribution in [0, 0.1) is 6.92 Å². The molecule has 6 heteroatoms. The van der Waals surface area contributed by atoms with Crippen LogP contribution >= 0.6 is 0 Å². The van der Waals surface area contributed by atoms with Gasteiger partial charge < -0.3 is 15.1 Å². The Morgan fingerprint density at radius 3 is 2.48 bits per heavy atom. The highest BCUT2D eigenvalue weighted by atomic mass is 32.2. The van der Waals surface area contributed by atoms with E-state index in [9.17, 15) is 9.00 Å². The quantitative estimate of drug-likeness (QED) is 0.908. The zero-order valence-electron chi connectivity index (χ0n) is 13.6. The van der Waals surface area contributed by atoms with Gasteiger partial charge in [0.2, 0.25) is 0 Å². The molecule has 1 N–H and O–H groups in total. The van der Waals surface area contributed by atoms with Crippen LogP contribution < -0.4 is 10.2 Å². The zero-order chi connectivity index (χ0) is 16.2. The minimum Gasteiger partial charge on any atom is -0.377 e. The van der Waals surface area contributed by atoms with E-state index in [0.29, 0.717) is 5.75 Å². The average Bonchev–Trinajstić information content (AvgIpc) is 2.38. The second-order valence-electron chi connectivity index (χ2n) is 5.47. The molecule has 21 heavy (non-hydrogen) atoms. The number of amides is 2. The first kappa shape index (κ1) is 17.5. The molecule has 1 aromatic rings. The molecule has 0 radical (unpaired) electrons. The normalized spacial score (nSPS) is 13.4. The molecule has 2 atom stereocenters. The first-order chi connectivity index (χ1) is 9.73. The predicted molar refractivity (Wildman–Crippen MR) is 90.7 cm³/mol. The third-order valence-electron chi connectivity index (χ3n) is 3.49. The van der Waals surface area contributed by atoms with Gasteiger partial charge in [-0.3, -0.25) is 4.21 Å². The molecular weight excluding hydrogens is 286 g/mol. The molecule has 0 aliphatic carbocycles. The molecule has 0 unspecified atom stereocenters. The van der Waals surface area contributed by atoms with E-state index in [1.54, 1.807) is 18.2 Å². The Morgan fingerprint density at radius 1 is 1.33 bits per heavy atom. The molecule has 0 fully saturated rings. The maximum atomic E-state index is 12.3. The third kappa shape index (κ3) is 4.74. The fourth-order valence-electron chi connectivity index (χ4n) is 2.10. The van der Waals surface area contributed by atoms with Crippen molar-refractivity contribution in [3.63, 3.8) is 0 Å². The van der Waals surface area contributed by atoms with E-state index in [1.165, 1.54) is 0 Å². The summed E-state index contributed by atoms with van der Waals surface area (Å²) in [6.45, 7) is 3.87. The molecule has 0 aliphatic heterocycles. The maximum Gasteiger partial charge on any atom is 0.321 e. The summed E-state index contributed by atoms with van der Waals surface area (Å²) in [7, 11) is 4.74. The first-order valence-corrected chi connectivity index (χ1v) is 8.57. The molecule has 0 spiro atoms. The number of hydrogen-bond acceptors (Lipinski definition) is 3. The SMILES string of the molecule is Cc1c(NC(=O)N(C)[C@@H](C)C[S@@](C)=O)cccc1N(C)C. The molecule has 0 bridgehead atoms. The van der Waals surface area contributed by atoms with Crippen molar-refractivity contribution in [1.29, 1.82) is 0 Å². The second kappa shape index (κ2) is 7.45. The standard InChI is InChI=1S/C15H25N3O2S/c1-11(10-21(6)20)18(5)15(19)16-13-8-7-9-14(12(13)2)17(3)4/h7-9,11H,10H2,1-6H3,(H,16,19)/t11-,21+/m0/s1. The van der Waals surface area contributed by atoms with Crippen LogP contribution in [0.4, 0.5) is 16.2 Å². The van der Waals surface area contributed by atoms with Gasteiger partial charge in [-0.25, -0.2) is 4.79 Å². The van der Waals surface area contributed by atoms with Crippen molar-refractivity contribution in [2.45, 2.75) is 19.9 Å². The fraction of sp³-hybridized carbons (Fsp3) is 0.533. The van der Waals surface area contributed by atoms with Crippen LogP contribution in [0.15, 0.2) is 18.2 Å². The first-order valence-electron chi connectivity index (χ1n) is 6.84. The molecule has 1 rings (SSSR count). The Kier molecular flexibility index (Phi) is 6.20. The summed E-state index contributed by atoms with van der Waals surface area (Å²) in [5, 5.41) is 2.92. The van der Waals surface area contributed by atoms with Gasteiger partial charge in [-0.2, -0.15) is 0 Å². The third-order valence-corrected chi connectivity index (χ3v) is 4.44. The van der Waals surface area contributed by atoms with E-state index >= 15 is 0 Å². The van der Waals surface area contributed by atoms with Gasteiger partial charge in [0.15, 0.2) is 0 Å². The summed E-state index contributed by atoms with van der Waals surface area (Å²) in [6, 6.07) is 5.55. The number of anilines is 2. The monoisotopic (exact) mass is 311 g/mol. The van der Waals surface area contributed by atoms with Crippen LogP contribution in [0.5, 0.6) is 0 Å². The number of hydrogen-bond donors (Lipinski definition) is 1. The highest BCUT2D eigenvalue weighted by molar-refractivity contribution is 7.84. The lowest BCUT2D eigenvalue weighted by molar-refractivity contribution is 0.212. The second-order valence-corrected chi connectivity index (χ2v) is 6.95. The number of benzene rings is 1. The topological polar surface area (TPSA) is 52.7 Å². The number of nitrogens with zero attached hydrogens (tertiary/aromatic N) is 2. The fourth-order valence-corrected chi connectivity index (χ4v) is 3.00. The summed E-state index contributed by atoms with van der Waals surface area (Å²) >= 11 is 0. The van der Waals surface area contributed by atoms with Crippen molar-refractivity contribution in [1.82, 2.24) is 4.90 Å². The predicted octanol–water partition coefficient (Wildman–Crippen LogP) is 2.29. The number of rotatable bonds is 5. The van der Waals surface area contributed by atoms with Gasteiger partial charge >= 0.3 is 6.03 Å². The van der Waals surface area contributed by atoms with Crippen LogP contribution in [-0.2, 0) is 10.8 Å². The molecule has 0 heterocycles. The van der Waals surface area contributed by atoms with Gasteiger partial charge in [0.25, 0.3) is 0 Å². The number of carbonyl (C=O) groups excluding carboxylic acids is 1. The molecule has 0 saturated heterocycles. The van der Waals surface area contributed by atoms with Crippen LogP contribution in [0.25, 0.3) is 0 Å². The van der Waals surface area contributed by atoms with Crippen molar-refractivity contribution in [3.05, 3.63) is 23.8 Å². The lowest BCUT2D eigenvalue weighted by Gasteiger charge is -2.25. The Bertz CT molecular complexity index is 532. The van der Waals surface area contributed by atoms with E-state index in [2.05, 4.69) is 5.32 Å². The van der Waals surface area contributed by atoms with Gasteiger partial charge in [-0.1, -0.05) is 6.07 Å². The minimum absolute atomic E-state index is 0.0758. The lowest BCUT2D eigenvalue weighted by atomic mass is 10.1. The van der Waals surface area contributed by atoms with E-state index in [1.807, 2.05) is 51.0 Å². The maximum absolute atomic E-state index is 12.3. The van der Waals surface area contributed by atoms with Gasteiger partial charge in [0.05, 0.1) is 0 Å². The van der Waals surface area contributed by atoms with Gasteiger partial charge in [-0.05, 0) is 31.5 Å². The molecule has 2 amide bonds. The van der Waals surface area contributed by atoms with E-state index < -0.39 is 10.8 Å². The Balaban J connectivity index is 2.84. The highest BCUT2D eigenvalue weighted by Gasteiger charge is 2.18. The van der Waals surface area contributed by atoms with Gasteiger partial charge in [0, 0.05) is 61.4 Å². The van der Waals surface area contributed by atoms with E-state index in [-0.39, 0.29) is 12.1 Å². The van der Waals surface area contributed by atoms with Crippen molar-refractivity contribution in [3.8, 4) is 0 Å². The molecular formula is C15H25N3O2S. The summed E-state index contributed by atoms with van der Waals surface area (Å²) in [5.74, 6) is 0.473. The molecule has 0 aliphatic rings. The van der Waals surface area contributed by atoms with Crippen LogP contribution in [0.2, 0.25) is 0 Å². The van der Waals surface area contributed by atoms with Crippen molar-refractivity contribution in [2.75, 3.05) is 43.4 Å². The van der Waals surface area contributed by atoms with Crippen LogP contribution in [-0.4, -0.2) is 54.3 Å². The summed E-state index contributed by atoms with van der Waals surface area (Å²) in [4.78, 5) is 15.9. The van der Waals surface area contributed by atoms with Crippen molar-refractivity contribution < 1.29 is 9.00 Å². The Hall–Kier alpha value is -1.56. The van der Waals surface area contributed by atoms with E-state index in [0.717, 1.165) is 16.9 Å². The highest BCUT2D eigenvalue weighted by Crippen LogP contribution is 2.25. The molecule has 0 aromatic heterocycles. The number of carbonyl (C=O) groups is 1. The number of nitrogens with one attached hydrogen (secondary N) is 1. The largest absolute Gasteiger partial charge is 0.377 e. The molecule has 5 nitrogen and oxygen atoms in total. The zero-order valence-corrected chi connectivity index (χ0v) is 14.5. The average molecular weight is 311 g/mol. The van der Waals surface area contributed by atoms with Gasteiger partial charge in [0.1, 0.15) is 0 Å². The Morgan fingerprint density at radius 2 is 1.95 bits per heavy atom. The smallest absolute Gasteiger partial charge is 0.321 e. The molecule has 118 valence electrons. The summed E-state index contributed by atoms with van der Waals surface area (Å²) < 4.78 is 11.3. The van der Waals surface area contributed by atoms with Crippen LogP contribution in [0.3, 0.4) is 0 Å². The van der Waals surface area contributed by atoms with Gasteiger partial charge in [-0.15, -0.1) is 0 Å². The summed E-state index contributed by atoms with van der Waals surface area (Å²) in [5.41, 5.74) is 2.89. The lowest BCUT2D eigenvalue weighted by Crippen LogP contribution is -2.41. The number of urea groups is 1. The summed E-state index contributed by atoms with van der Waals surface area (Å²) in [6.07, 6.45) is 1.65. The van der Waals surface area contributed by atoms with Crippen LogP contribution in [0.1, 0.15) is 12.5 Å². The minimum atomic E-state index is -0.922. The molecule has 1 aromatic carbocycles. The van der Waals surface area contributed by atoms with Crippen molar-refractivity contribution in [2.24, 2.45) is 0 Å². The van der Waals surface area contributed by atoms with E-state index in [4.69, 9.17) is 0 Å². The van der Waals surface area contributed by atoms with Crippen molar-refractivity contribution >= 4 is 28.2 Å². The molecule has 0 saturated carbocycles. The Labute approximate surface area is 129 Å².